The third kappa shape index (κ3) is 3.93. The Hall–Kier alpha value is -5.70. The van der Waals surface area contributed by atoms with Crippen molar-refractivity contribution in [2.75, 3.05) is 16.6 Å². The van der Waals surface area contributed by atoms with Crippen LogP contribution in [0.4, 0.5) is 11.4 Å². The monoisotopic (exact) mass is 584 g/mol. The minimum Gasteiger partial charge on any atom is -0.454 e. The van der Waals surface area contributed by atoms with Gasteiger partial charge in [0, 0.05) is 22.9 Å². The van der Waals surface area contributed by atoms with Gasteiger partial charge in [-0.1, -0.05) is 60.7 Å². The van der Waals surface area contributed by atoms with Crippen LogP contribution in [0.1, 0.15) is 21.5 Å². The molecule has 4 atom stereocenters. The molecule has 9 heteroatoms. The molecule has 0 N–H and O–H groups in total. The maximum atomic E-state index is 14.1. The summed E-state index contributed by atoms with van der Waals surface area (Å²) in [5.74, 6) is -2.28. The number of esters is 1. The van der Waals surface area contributed by atoms with Crippen LogP contribution in [0.15, 0.2) is 103 Å². The molecule has 0 radical (unpaired) electrons. The van der Waals surface area contributed by atoms with Crippen molar-refractivity contribution in [3.05, 3.63) is 120 Å². The van der Waals surface area contributed by atoms with Crippen molar-refractivity contribution in [2.24, 2.45) is 11.8 Å². The van der Waals surface area contributed by atoms with Crippen LogP contribution >= 0.6 is 0 Å². The molecule has 4 aliphatic rings. The average molecular weight is 585 g/mol. The van der Waals surface area contributed by atoms with Gasteiger partial charge in [-0.25, -0.2) is 9.69 Å². The molecule has 9 nitrogen and oxygen atoms in total. The first-order valence-corrected chi connectivity index (χ1v) is 14.2. The Bertz CT molecular complexity index is 1890. The number of hydrogen-bond acceptors (Lipinski definition) is 8. The number of fused-ring (bicyclic) bond motifs is 6. The van der Waals surface area contributed by atoms with Gasteiger partial charge in [-0.15, -0.1) is 0 Å². The van der Waals surface area contributed by atoms with Crippen LogP contribution in [0, 0.1) is 11.8 Å². The van der Waals surface area contributed by atoms with Crippen molar-refractivity contribution in [3.63, 3.8) is 0 Å². The molecule has 2 amide bonds. The SMILES string of the molecule is O=C(c1ccccc1)c1ccc(OC(=O)[C@@H]2[C@@H]3C(=O)N(c4ccc5c(c4)OCO5)C(=O)[C@@H]3[C@H]3C=Cc4ccccc4N32)cc1. The second-order valence-electron chi connectivity index (χ2n) is 11.0. The molecule has 4 aliphatic heterocycles. The van der Waals surface area contributed by atoms with E-state index in [0.717, 1.165) is 16.2 Å². The number of carbonyl (C=O) groups excluding carboxylic acids is 4. The van der Waals surface area contributed by atoms with E-state index >= 15 is 0 Å². The van der Waals surface area contributed by atoms with Gasteiger partial charge in [0.05, 0.1) is 23.6 Å². The molecular formula is C35H24N2O7. The number of benzene rings is 4. The first-order valence-electron chi connectivity index (χ1n) is 14.2. The summed E-state index contributed by atoms with van der Waals surface area (Å²) < 4.78 is 16.7. The van der Waals surface area contributed by atoms with E-state index in [1.165, 1.54) is 0 Å². The number of amides is 2. The summed E-state index contributed by atoms with van der Waals surface area (Å²) in [5.41, 5.74) is 2.97. The lowest BCUT2D eigenvalue weighted by Gasteiger charge is -2.36. The third-order valence-electron chi connectivity index (χ3n) is 8.64. The fourth-order valence-corrected chi connectivity index (χ4v) is 6.67. The van der Waals surface area contributed by atoms with Crippen LogP contribution in [0.3, 0.4) is 0 Å². The number of rotatable bonds is 5. The zero-order valence-electron chi connectivity index (χ0n) is 23.2. The average Bonchev–Trinajstić information content (AvgIpc) is 3.74. The molecule has 8 rings (SSSR count). The Labute approximate surface area is 251 Å². The Morgan fingerprint density at radius 3 is 2.27 bits per heavy atom. The van der Waals surface area contributed by atoms with Crippen molar-refractivity contribution < 1.29 is 33.4 Å². The molecule has 4 heterocycles. The smallest absolute Gasteiger partial charge is 0.335 e. The lowest BCUT2D eigenvalue weighted by Crippen LogP contribution is -2.50. The normalized spacial score (nSPS) is 22.5. The van der Waals surface area contributed by atoms with Crippen molar-refractivity contribution in [1.82, 2.24) is 0 Å². The van der Waals surface area contributed by atoms with Gasteiger partial charge in [0.15, 0.2) is 17.3 Å². The zero-order valence-corrected chi connectivity index (χ0v) is 23.2. The minimum atomic E-state index is -1.07. The second-order valence-corrected chi connectivity index (χ2v) is 11.0. The molecule has 0 aliphatic carbocycles. The maximum absolute atomic E-state index is 14.1. The van der Waals surface area contributed by atoms with E-state index in [-0.39, 0.29) is 18.3 Å². The maximum Gasteiger partial charge on any atom is 0.335 e. The van der Waals surface area contributed by atoms with Gasteiger partial charge in [-0.2, -0.15) is 0 Å². The van der Waals surface area contributed by atoms with Gasteiger partial charge >= 0.3 is 5.97 Å². The standard InChI is InChI=1S/C35H24N2O7/c38-32(21-7-2-1-3-8-21)22-10-14-24(15-11-22)44-35(41)31-30-29(26-16-12-20-6-4-5-9-25(20)37(26)31)33(39)36(34(30)40)23-13-17-27-28(18-23)43-19-42-27/h1-18,26,29-31H,19H2/t26-,29-,30-,31+/m1/s1. The highest BCUT2D eigenvalue weighted by Gasteiger charge is 2.65. The van der Waals surface area contributed by atoms with Crippen LogP contribution in [0.5, 0.6) is 17.2 Å². The highest BCUT2D eigenvalue weighted by atomic mass is 16.7. The Balaban J connectivity index is 1.13. The molecule has 216 valence electrons. The number of anilines is 2. The first kappa shape index (κ1) is 26.0. The number of imide groups is 1. The summed E-state index contributed by atoms with van der Waals surface area (Å²) in [7, 11) is 0. The highest BCUT2D eigenvalue weighted by molar-refractivity contribution is 6.24. The van der Waals surface area contributed by atoms with Gasteiger partial charge in [0.1, 0.15) is 11.8 Å². The molecule has 0 spiro atoms. The Morgan fingerprint density at radius 2 is 1.45 bits per heavy atom. The molecule has 0 bridgehead atoms. The predicted molar refractivity (Wildman–Crippen MR) is 160 cm³/mol. The summed E-state index contributed by atoms with van der Waals surface area (Å²) in [4.78, 5) is 58.0. The van der Waals surface area contributed by atoms with E-state index in [9.17, 15) is 19.2 Å². The summed E-state index contributed by atoms with van der Waals surface area (Å²) in [6, 6.07) is 26.1. The minimum absolute atomic E-state index is 0.0580. The van der Waals surface area contributed by atoms with E-state index in [1.54, 1.807) is 66.7 Å². The second kappa shape index (κ2) is 9.95. The molecular weight excluding hydrogens is 560 g/mol. The summed E-state index contributed by atoms with van der Waals surface area (Å²) in [5, 5.41) is 0. The fourth-order valence-electron chi connectivity index (χ4n) is 6.67. The lowest BCUT2D eigenvalue weighted by molar-refractivity contribution is -0.139. The fraction of sp³-hybridized carbons (Fsp3) is 0.143. The van der Waals surface area contributed by atoms with Gasteiger partial charge in [-0.3, -0.25) is 14.4 Å². The molecule has 0 unspecified atom stereocenters. The number of nitrogens with zero attached hydrogens (tertiary/aromatic N) is 2. The molecule has 0 aromatic heterocycles. The van der Waals surface area contributed by atoms with E-state index in [4.69, 9.17) is 14.2 Å². The first-order chi connectivity index (χ1) is 21.5. The quantitative estimate of drug-likeness (QED) is 0.145. The number of ketones is 1. The predicted octanol–water partition coefficient (Wildman–Crippen LogP) is 4.64. The zero-order chi connectivity index (χ0) is 29.9. The number of carbonyl (C=O) groups is 4. The summed E-state index contributed by atoms with van der Waals surface area (Å²) in [6.07, 6.45) is 3.80. The van der Waals surface area contributed by atoms with Crippen LogP contribution in [-0.2, 0) is 14.4 Å². The molecule has 2 fully saturated rings. The Kier molecular flexibility index (Phi) is 5.87. The van der Waals surface area contributed by atoms with Crippen molar-refractivity contribution in [1.29, 1.82) is 0 Å². The van der Waals surface area contributed by atoms with E-state index in [2.05, 4.69) is 0 Å². The molecule has 0 saturated carbocycles. The molecule has 2 saturated heterocycles. The van der Waals surface area contributed by atoms with Gasteiger partial charge < -0.3 is 19.1 Å². The molecule has 44 heavy (non-hydrogen) atoms. The molecule has 4 aromatic carbocycles. The van der Waals surface area contributed by atoms with Crippen molar-refractivity contribution in [2.45, 2.75) is 12.1 Å². The van der Waals surface area contributed by atoms with Crippen LogP contribution in [-0.4, -0.2) is 42.4 Å². The number of para-hydroxylation sites is 1. The third-order valence-corrected chi connectivity index (χ3v) is 8.64. The van der Waals surface area contributed by atoms with Crippen molar-refractivity contribution >= 4 is 41.0 Å². The van der Waals surface area contributed by atoms with Crippen LogP contribution in [0.25, 0.3) is 6.08 Å². The topological polar surface area (TPSA) is 102 Å². The summed E-state index contributed by atoms with van der Waals surface area (Å²) >= 11 is 0. The van der Waals surface area contributed by atoms with Crippen LogP contribution in [0.2, 0.25) is 0 Å². The van der Waals surface area contributed by atoms with Crippen LogP contribution < -0.4 is 24.0 Å². The Morgan fingerprint density at radius 1 is 0.750 bits per heavy atom. The van der Waals surface area contributed by atoms with E-state index < -0.39 is 41.7 Å². The van der Waals surface area contributed by atoms with Gasteiger partial charge in [0.2, 0.25) is 18.6 Å². The number of ether oxygens (including phenoxy) is 3. The summed E-state index contributed by atoms with van der Waals surface area (Å²) in [6.45, 7) is 0.0580. The van der Waals surface area contributed by atoms with Gasteiger partial charge in [-0.05, 0) is 48.0 Å². The van der Waals surface area contributed by atoms with Crippen molar-refractivity contribution in [3.8, 4) is 17.2 Å². The molecule has 4 aromatic rings. The van der Waals surface area contributed by atoms with E-state index in [1.807, 2.05) is 47.4 Å². The van der Waals surface area contributed by atoms with E-state index in [0.29, 0.717) is 28.3 Å². The lowest BCUT2D eigenvalue weighted by atomic mass is 9.89. The number of hydrogen-bond donors (Lipinski definition) is 0. The highest BCUT2D eigenvalue weighted by Crippen LogP contribution is 2.50. The largest absolute Gasteiger partial charge is 0.454 e. The van der Waals surface area contributed by atoms with Gasteiger partial charge in [0.25, 0.3) is 0 Å².